The van der Waals surface area contributed by atoms with Gasteiger partial charge in [-0.15, -0.1) is 0 Å². The topological polar surface area (TPSA) is 63.8 Å². The maximum Gasteiger partial charge on any atom is 0.129 e. The van der Waals surface area contributed by atoms with Gasteiger partial charge >= 0.3 is 0 Å². The molecule has 0 bridgehead atoms. The van der Waals surface area contributed by atoms with Gasteiger partial charge in [0.05, 0.1) is 5.69 Å². The third-order valence-corrected chi connectivity index (χ3v) is 2.96. The quantitative estimate of drug-likeness (QED) is 0.818. The van der Waals surface area contributed by atoms with Gasteiger partial charge in [0.25, 0.3) is 0 Å². The van der Waals surface area contributed by atoms with Gasteiger partial charge in [-0.3, -0.25) is 0 Å². The molecule has 0 spiro atoms. The van der Waals surface area contributed by atoms with Crippen LogP contribution in [-0.2, 0) is 6.54 Å². The lowest BCUT2D eigenvalue weighted by molar-refractivity contribution is 0.504. The van der Waals surface area contributed by atoms with E-state index in [0.29, 0.717) is 6.54 Å². The van der Waals surface area contributed by atoms with E-state index >= 15 is 0 Å². The van der Waals surface area contributed by atoms with Crippen LogP contribution in [0.3, 0.4) is 0 Å². The van der Waals surface area contributed by atoms with Crippen molar-refractivity contribution in [2.45, 2.75) is 86.6 Å². The molecule has 22 heavy (non-hydrogen) atoms. The van der Waals surface area contributed by atoms with Crippen molar-refractivity contribution < 1.29 is 0 Å². The first-order valence-electron chi connectivity index (χ1n) is 9.04. The molecule has 1 aliphatic rings. The number of aryl methyl sites for hydroxylation is 1. The van der Waals surface area contributed by atoms with Gasteiger partial charge in [0.2, 0.25) is 0 Å². The number of nitrogens with one attached hydrogen (secondary N) is 1. The molecule has 0 radical (unpaired) electrons. The molecular weight excluding hydrogens is 272 g/mol. The summed E-state index contributed by atoms with van der Waals surface area (Å²) in [6, 6.07) is 1.87. The fourth-order valence-electron chi connectivity index (χ4n) is 2.07. The molecule has 1 aromatic rings. The van der Waals surface area contributed by atoms with Crippen LogP contribution in [0.4, 0.5) is 5.82 Å². The summed E-state index contributed by atoms with van der Waals surface area (Å²) >= 11 is 0. The highest BCUT2D eigenvalue weighted by molar-refractivity contribution is 5.35. The van der Waals surface area contributed by atoms with Crippen molar-refractivity contribution in [3.8, 4) is 0 Å². The summed E-state index contributed by atoms with van der Waals surface area (Å²) in [4.78, 5) is 8.35. The summed E-state index contributed by atoms with van der Waals surface area (Å²) in [5, 5.41) is 3.12. The van der Waals surface area contributed by atoms with Crippen LogP contribution in [0.2, 0.25) is 0 Å². The average Bonchev–Trinajstić information content (AvgIpc) is 2.60. The Balaban J connectivity index is 0. The number of aromatic nitrogens is 2. The Hall–Kier alpha value is -1.16. The molecule has 3 N–H and O–H groups in total. The smallest absolute Gasteiger partial charge is 0.129 e. The summed E-state index contributed by atoms with van der Waals surface area (Å²) in [6.07, 6.45) is 9.00. The highest BCUT2D eigenvalue weighted by Crippen LogP contribution is 2.15. The van der Waals surface area contributed by atoms with Crippen molar-refractivity contribution >= 4 is 5.82 Å². The molecule has 1 saturated carbocycles. The van der Waals surface area contributed by atoms with Gasteiger partial charge in [0.15, 0.2) is 0 Å². The SMILES string of the molecule is C1CCCCC1.CC.CC.CCNc1cc(CN)nc(C)n1. The predicted molar refractivity (Wildman–Crippen MR) is 99.2 cm³/mol. The minimum atomic E-state index is 0.460. The highest BCUT2D eigenvalue weighted by Gasteiger charge is 1.98. The summed E-state index contributed by atoms with van der Waals surface area (Å²) in [6.45, 7) is 13.2. The second-order valence-corrected chi connectivity index (χ2v) is 4.65. The van der Waals surface area contributed by atoms with E-state index in [1.165, 1.54) is 38.5 Å². The third-order valence-electron chi connectivity index (χ3n) is 2.96. The molecule has 0 amide bonds. The Labute approximate surface area is 138 Å². The van der Waals surface area contributed by atoms with E-state index in [1.54, 1.807) is 0 Å². The largest absolute Gasteiger partial charge is 0.370 e. The van der Waals surface area contributed by atoms with E-state index in [2.05, 4.69) is 15.3 Å². The van der Waals surface area contributed by atoms with Gasteiger partial charge in [-0.1, -0.05) is 66.2 Å². The molecule has 1 aromatic heterocycles. The zero-order chi connectivity index (χ0) is 17.2. The molecule has 0 unspecified atom stereocenters. The summed E-state index contributed by atoms with van der Waals surface area (Å²) in [5.41, 5.74) is 6.34. The van der Waals surface area contributed by atoms with Crippen LogP contribution in [-0.4, -0.2) is 16.5 Å². The van der Waals surface area contributed by atoms with Crippen LogP contribution in [0, 0.1) is 6.92 Å². The highest BCUT2D eigenvalue weighted by atomic mass is 15.0. The maximum atomic E-state index is 5.47. The normalized spacial score (nSPS) is 12.5. The summed E-state index contributed by atoms with van der Waals surface area (Å²) < 4.78 is 0. The Bertz CT molecular complexity index is 324. The summed E-state index contributed by atoms with van der Waals surface area (Å²) in [7, 11) is 0. The number of anilines is 1. The number of hydrogen-bond acceptors (Lipinski definition) is 4. The number of nitrogens with two attached hydrogens (primary N) is 1. The molecule has 0 aromatic carbocycles. The average molecular weight is 311 g/mol. The van der Waals surface area contributed by atoms with Crippen molar-refractivity contribution in [2.75, 3.05) is 11.9 Å². The fraction of sp³-hybridized carbons (Fsp3) is 0.778. The van der Waals surface area contributed by atoms with E-state index in [4.69, 9.17) is 5.73 Å². The van der Waals surface area contributed by atoms with Crippen LogP contribution >= 0.6 is 0 Å². The van der Waals surface area contributed by atoms with Crippen LogP contribution in [0.25, 0.3) is 0 Å². The Kier molecular flexibility index (Phi) is 18.8. The molecule has 2 rings (SSSR count). The van der Waals surface area contributed by atoms with E-state index in [-0.39, 0.29) is 0 Å². The van der Waals surface area contributed by atoms with E-state index in [1.807, 2.05) is 47.6 Å². The molecule has 1 fully saturated rings. The van der Waals surface area contributed by atoms with Crippen LogP contribution < -0.4 is 11.1 Å². The first-order chi connectivity index (χ1) is 10.8. The molecule has 0 atom stereocenters. The number of nitrogens with zero attached hydrogens (tertiary/aromatic N) is 2. The lowest BCUT2D eigenvalue weighted by Gasteiger charge is -2.05. The van der Waals surface area contributed by atoms with Crippen molar-refractivity contribution in [3.05, 3.63) is 17.6 Å². The van der Waals surface area contributed by atoms with Crippen molar-refractivity contribution in [3.63, 3.8) is 0 Å². The Morgan fingerprint density at radius 3 is 1.77 bits per heavy atom. The van der Waals surface area contributed by atoms with Gasteiger partial charge in [-0.25, -0.2) is 9.97 Å². The van der Waals surface area contributed by atoms with E-state index in [0.717, 1.165) is 23.9 Å². The lowest BCUT2D eigenvalue weighted by atomic mass is 10.0. The van der Waals surface area contributed by atoms with Gasteiger partial charge in [0, 0.05) is 19.2 Å². The van der Waals surface area contributed by atoms with E-state index < -0.39 is 0 Å². The Morgan fingerprint density at radius 1 is 0.955 bits per heavy atom. The van der Waals surface area contributed by atoms with Crippen molar-refractivity contribution in [2.24, 2.45) is 5.73 Å². The standard InChI is InChI=1S/C8H14N4.C6H12.2C2H6/c1-3-10-8-4-7(5-9)11-6(2)12-8;1-2-4-6-5-3-1;2*1-2/h4H,3,5,9H2,1-2H3,(H,10,11,12);1-6H2;2*1-2H3. The zero-order valence-electron chi connectivity index (χ0n) is 15.7. The minimum Gasteiger partial charge on any atom is -0.370 e. The monoisotopic (exact) mass is 310 g/mol. The minimum absolute atomic E-state index is 0.460. The van der Waals surface area contributed by atoms with Crippen molar-refractivity contribution in [1.29, 1.82) is 0 Å². The number of hydrogen-bond donors (Lipinski definition) is 2. The third kappa shape index (κ3) is 12.6. The molecule has 0 aliphatic heterocycles. The fourth-order valence-corrected chi connectivity index (χ4v) is 2.07. The second kappa shape index (κ2) is 17.9. The van der Waals surface area contributed by atoms with E-state index in [9.17, 15) is 0 Å². The molecular formula is C18H38N4. The molecule has 0 saturated heterocycles. The summed E-state index contributed by atoms with van der Waals surface area (Å²) in [5.74, 6) is 1.61. The molecule has 1 aliphatic carbocycles. The molecule has 4 nitrogen and oxygen atoms in total. The Morgan fingerprint density at radius 2 is 1.41 bits per heavy atom. The number of rotatable bonds is 3. The second-order valence-electron chi connectivity index (χ2n) is 4.65. The van der Waals surface area contributed by atoms with Gasteiger partial charge in [-0.05, 0) is 13.8 Å². The van der Waals surface area contributed by atoms with Crippen LogP contribution in [0.5, 0.6) is 0 Å². The molecule has 1 heterocycles. The first kappa shape index (κ1) is 23.1. The lowest BCUT2D eigenvalue weighted by Crippen LogP contribution is -2.06. The van der Waals surface area contributed by atoms with Crippen LogP contribution in [0.15, 0.2) is 6.07 Å². The van der Waals surface area contributed by atoms with Gasteiger partial charge in [-0.2, -0.15) is 0 Å². The van der Waals surface area contributed by atoms with Crippen LogP contribution in [0.1, 0.15) is 84.7 Å². The molecule has 130 valence electrons. The predicted octanol–water partition coefficient (Wildman–Crippen LogP) is 5.07. The maximum absolute atomic E-state index is 5.47. The zero-order valence-corrected chi connectivity index (χ0v) is 15.7. The molecule has 4 heteroatoms. The van der Waals surface area contributed by atoms with Crippen molar-refractivity contribution in [1.82, 2.24) is 9.97 Å². The van der Waals surface area contributed by atoms with Gasteiger partial charge < -0.3 is 11.1 Å². The van der Waals surface area contributed by atoms with Gasteiger partial charge in [0.1, 0.15) is 11.6 Å². The first-order valence-corrected chi connectivity index (χ1v) is 9.04.